The summed E-state index contributed by atoms with van der Waals surface area (Å²) in [6, 6.07) is 2.77. The van der Waals surface area contributed by atoms with Crippen LogP contribution < -0.4 is 0 Å². The van der Waals surface area contributed by atoms with Gasteiger partial charge in [-0.05, 0) is 17.7 Å². The van der Waals surface area contributed by atoms with E-state index in [0.29, 0.717) is 0 Å². The van der Waals surface area contributed by atoms with Crippen LogP contribution >= 0.6 is 0 Å². The van der Waals surface area contributed by atoms with E-state index in [1.807, 2.05) is 0 Å². The van der Waals surface area contributed by atoms with E-state index in [1.165, 1.54) is 0 Å². The zero-order chi connectivity index (χ0) is 13.1. The lowest BCUT2D eigenvalue weighted by molar-refractivity contribution is -0.176. The van der Waals surface area contributed by atoms with Crippen LogP contribution in [-0.4, -0.2) is 23.9 Å². The van der Waals surface area contributed by atoms with Crippen LogP contribution in [0.1, 0.15) is 15.9 Å². The molecule has 0 unspecified atom stereocenters. The molecule has 0 saturated heterocycles. The molecule has 0 aliphatic heterocycles. The van der Waals surface area contributed by atoms with Crippen LogP contribution in [-0.2, 0) is 11.3 Å². The number of hydrogen-bond donors (Lipinski definition) is 1. The number of alkyl halides is 3. The topological polar surface area (TPSA) is 46.5 Å². The molecule has 0 spiro atoms. The van der Waals surface area contributed by atoms with Crippen molar-refractivity contribution < 1.29 is 32.2 Å². The Morgan fingerprint density at radius 2 is 2.00 bits per heavy atom. The highest BCUT2D eigenvalue weighted by atomic mass is 19.4. The van der Waals surface area contributed by atoms with Crippen molar-refractivity contribution in [2.24, 2.45) is 0 Å². The molecule has 0 aromatic heterocycles. The van der Waals surface area contributed by atoms with Crippen LogP contribution in [0.2, 0.25) is 0 Å². The highest BCUT2D eigenvalue weighted by Gasteiger charge is 2.27. The Morgan fingerprint density at radius 3 is 2.53 bits per heavy atom. The Bertz CT molecular complexity index is 415. The van der Waals surface area contributed by atoms with Crippen molar-refractivity contribution in [1.29, 1.82) is 0 Å². The molecule has 17 heavy (non-hydrogen) atoms. The first-order chi connectivity index (χ1) is 7.79. The average Bonchev–Trinajstić information content (AvgIpc) is 2.18. The minimum absolute atomic E-state index is 0.0110. The van der Waals surface area contributed by atoms with Gasteiger partial charge in [-0.3, -0.25) is 0 Å². The zero-order valence-corrected chi connectivity index (χ0v) is 8.42. The first-order valence-electron chi connectivity index (χ1n) is 4.46. The van der Waals surface area contributed by atoms with E-state index in [4.69, 9.17) is 5.11 Å². The van der Waals surface area contributed by atoms with Gasteiger partial charge in [0.2, 0.25) is 0 Å². The molecule has 0 heterocycles. The van der Waals surface area contributed by atoms with Crippen LogP contribution in [0.5, 0.6) is 0 Å². The molecule has 0 aliphatic rings. The molecular formula is C10H8F4O3. The van der Waals surface area contributed by atoms with Crippen LogP contribution in [0.3, 0.4) is 0 Å². The monoisotopic (exact) mass is 252 g/mol. The molecule has 0 aliphatic carbocycles. The third-order valence-corrected chi connectivity index (χ3v) is 1.83. The van der Waals surface area contributed by atoms with E-state index < -0.39 is 36.7 Å². The summed E-state index contributed by atoms with van der Waals surface area (Å²) in [5.74, 6) is -2.20. The maximum Gasteiger partial charge on any atom is 0.411 e. The third-order valence-electron chi connectivity index (χ3n) is 1.83. The minimum Gasteiger partial charge on any atom is -0.478 e. The van der Waals surface area contributed by atoms with Gasteiger partial charge in [0, 0.05) is 0 Å². The van der Waals surface area contributed by atoms with Gasteiger partial charge in [-0.2, -0.15) is 13.2 Å². The molecule has 0 amide bonds. The van der Waals surface area contributed by atoms with E-state index >= 15 is 0 Å². The maximum absolute atomic E-state index is 12.7. The number of rotatable bonds is 4. The van der Waals surface area contributed by atoms with Crippen molar-refractivity contribution in [2.45, 2.75) is 12.8 Å². The Balaban J connectivity index is 2.74. The van der Waals surface area contributed by atoms with Crippen molar-refractivity contribution in [2.75, 3.05) is 6.61 Å². The predicted octanol–water partition coefficient (Wildman–Crippen LogP) is 2.60. The fraction of sp³-hybridized carbons (Fsp3) is 0.300. The van der Waals surface area contributed by atoms with Gasteiger partial charge in [0.1, 0.15) is 12.4 Å². The lowest BCUT2D eigenvalue weighted by Gasteiger charge is -2.09. The normalized spacial score (nSPS) is 11.5. The zero-order valence-electron chi connectivity index (χ0n) is 8.42. The summed E-state index contributed by atoms with van der Waals surface area (Å²) in [6.45, 7) is -2.02. The first kappa shape index (κ1) is 13.4. The van der Waals surface area contributed by atoms with Gasteiger partial charge in [0.05, 0.1) is 12.2 Å². The standard InChI is InChI=1S/C10H8F4O3/c11-7-2-1-6(8(3-7)9(15)16)4-17-5-10(12,13)14/h1-3H,4-5H2,(H,15,16). The number of carboxylic acid groups (broad SMARTS) is 1. The summed E-state index contributed by atoms with van der Waals surface area (Å²) in [7, 11) is 0. The van der Waals surface area contributed by atoms with E-state index in [-0.39, 0.29) is 5.56 Å². The number of halogens is 4. The van der Waals surface area contributed by atoms with E-state index in [9.17, 15) is 22.4 Å². The van der Waals surface area contributed by atoms with Crippen LogP contribution in [0.4, 0.5) is 17.6 Å². The predicted molar refractivity (Wildman–Crippen MR) is 49.1 cm³/mol. The number of hydrogen-bond acceptors (Lipinski definition) is 2. The molecule has 0 bridgehead atoms. The van der Waals surface area contributed by atoms with Crippen LogP contribution in [0.25, 0.3) is 0 Å². The molecule has 0 atom stereocenters. The molecule has 7 heteroatoms. The Hall–Kier alpha value is -1.63. The maximum atomic E-state index is 12.7. The minimum atomic E-state index is -4.48. The molecule has 1 aromatic carbocycles. The first-order valence-corrected chi connectivity index (χ1v) is 4.46. The summed E-state index contributed by atoms with van der Waals surface area (Å²) in [5, 5.41) is 8.70. The van der Waals surface area contributed by atoms with Crippen molar-refractivity contribution in [3.63, 3.8) is 0 Å². The second kappa shape index (κ2) is 5.13. The average molecular weight is 252 g/mol. The van der Waals surface area contributed by atoms with Crippen molar-refractivity contribution in [3.8, 4) is 0 Å². The summed E-state index contributed by atoms with van der Waals surface area (Å²) < 4.78 is 52.4. The van der Waals surface area contributed by atoms with Gasteiger partial charge in [0.25, 0.3) is 0 Å². The van der Waals surface area contributed by atoms with E-state index in [2.05, 4.69) is 4.74 Å². The molecule has 0 saturated carbocycles. The number of carboxylic acids is 1. The highest BCUT2D eigenvalue weighted by Crippen LogP contribution is 2.17. The second-order valence-corrected chi connectivity index (χ2v) is 3.21. The number of ether oxygens (including phenoxy) is 1. The lowest BCUT2D eigenvalue weighted by atomic mass is 10.1. The molecular weight excluding hydrogens is 244 g/mol. The second-order valence-electron chi connectivity index (χ2n) is 3.21. The van der Waals surface area contributed by atoms with Crippen LogP contribution in [0.15, 0.2) is 18.2 Å². The van der Waals surface area contributed by atoms with Crippen molar-refractivity contribution in [3.05, 3.63) is 35.1 Å². The molecule has 1 rings (SSSR count). The molecule has 3 nitrogen and oxygen atoms in total. The van der Waals surface area contributed by atoms with Gasteiger partial charge in [-0.1, -0.05) is 6.07 Å². The fourth-order valence-corrected chi connectivity index (χ4v) is 1.15. The SMILES string of the molecule is O=C(O)c1cc(F)ccc1COCC(F)(F)F. The van der Waals surface area contributed by atoms with Crippen LogP contribution in [0, 0.1) is 5.82 Å². The number of benzene rings is 1. The molecule has 1 aromatic rings. The largest absolute Gasteiger partial charge is 0.478 e. The smallest absolute Gasteiger partial charge is 0.411 e. The molecule has 0 radical (unpaired) electrons. The lowest BCUT2D eigenvalue weighted by Crippen LogP contribution is -2.17. The molecule has 1 N–H and O–H groups in total. The number of carbonyl (C=O) groups is 1. The Morgan fingerprint density at radius 1 is 1.35 bits per heavy atom. The number of aromatic carboxylic acids is 1. The summed E-state index contributed by atoms with van der Waals surface area (Å²) in [6.07, 6.45) is -4.48. The van der Waals surface area contributed by atoms with E-state index in [0.717, 1.165) is 18.2 Å². The summed E-state index contributed by atoms with van der Waals surface area (Å²) >= 11 is 0. The Labute approximate surface area is 93.6 Å². The fourth-order valence-electron chi connectivity index (χ4n) is 1.15. The third kappa shape index (κ3) is 4.39. The van der Waals surface area contributed by atoms with Crippen molar-refractivity contribution in [1.82, 2.24) is 0 Å². The van der Waals surface area contributed by atoms with Gasteiger partial charge in [-0.25, -0.2) is 9.18 Å². The molecule has 94 valence electrons. The quantitative estimate of drug-likeness (QED) is 0.838. The Kier molecular flexibility index (Phi) is 4.06. The van der Waals surface area contributed by atoms with Gasteiger partial charge >= 0.3 is 12.1 Å². The summed E-state index contributed by atoms with van der Waals surface area (Å²) in [5.41, 5.74) is -0.421. The van der Waals surface area contributed by atoms with Gasteiger partial charge < -0.3 is 9.84 Å². The van der Waals surface area contributed by atoms with Crippen molar-refractivity contribution >= 4 is 5.97 Å². The highest BCUT2D eigenvalue weighted by molar-refractivity contribution is 5.89. The van der Waals surface area contributed by atoms with Gasteiger partial charge in [0.15, 0.2) is 0 Å². The molecule has 0 fully saturated rings. The van der Waals surface area contributed by atoms with E-state index in [1.54, 1.807) is 0 Å². The summed E-state index contributed by atoms with van der Waals surface area (Å²) in [4.78, 5) is 10.7. The van der Waals surface area contributed by atoms with Gasteiger partial charge in [-0.15, -0.1) is 0 Å².